The molecule has 122 valence electrons. The van der Waals surface area contributed by atoms with Crippen molar-refractivity contribution in [1.82, 2.24) is 0 Å². The average Bonchev–Trinajstić information content (AvgIpc) is 2.88. The topological polar surface area (TPSA) is 0 Å². The Morgan fingerprint density at radius 2 is 1.95 bits per heavy atom. The van der Waals surface area contributed by atoms with Gasteiger partial charge in [0, 0.05) is 0 Å². The van der Waals surface area contributed by atoms with Gasteiger partial charge in [0.15, 0.2) is 0 Å². The van der Waals surface area contributed by atoms with Gasteiger partial charge in [0.05, 0.1) is 0 Å². The summed E-state index contributed by atoms with van der Waals surface area (Å²) < 4.78 is 0. The molecule has 0 aliphatic heterocycles. The summed E-state index contributed by atoms with van der Waals surface area (Å²) in [6, 6.07) is 0. The van der Waals surface area contributed by atoms with E-state index in [4.69, 9.17) is 0 Å². The van der Waals surface area contributed by atoms with Crippen molar-refractivity contribution in [2.24, 2.45) is 11.8 Å². The minimum Gasteiger partial charge on any atom is -0.0999 e. The molecule has 1 aliphatic carbocycles. The fourth-order valence-corrected chi connectivity index (χ4v) is 3.46. The highest BCUT2D eigenvalue weighted by Gasteiger charge is 2.16. The van der Waals surface area contributed by atoms with Crippen LogP contribution in [0.2, 0.25) is 0 Å². The van der Waals surface area contributed by atoms with Gasteiger partial charge in [-0.05, 0) is 50.4 Å². The van der Waals surface area contributed by atoms with E-state index in [1.807, 2.05) is 0 Å². The second-order valence-corrected chi connectivity index (χ2v) is 7.25. The first-order chi connectivity index (χ1) is 10.2. The van der Waals surface area contributed by atoms with Crippen molar-refractivity contribution in [3.05, 3.63) is 24.3 Å². The average molecular weight is 291 g/mol. The lowest BCUT2D eigenvalue weighted by Gasteiger charge is -2.09. The Bertz CT molecular complexity index is 286. The molecule has 1 fully saturated rings. The third kappa shape index (κ3) is 9.93. The van der Waals surface area contributed by atoms with E-state index in [-0.39, 0.29) is 0 Å². The highest BCUT2D eigenvalue weighted by molar-refractivity contribution is 5.01. The molecule has 1 saturated carbocycles. The summed E-state index contributed by atoms with van der Waals surface area (Å²) >= 11 is 0. The highest BCUT2D eigenvalue weighted by atomic mass is 14.2. The van der Waals surface area contributed by atoms with Crippen molar-refractivity contribution in [2.75, 3.05) is 0 Å². The Morgan fingerprint density at radius 3 is 2.67 bits per heavy atom. The molecular formula is C21H38. The number of allylic oxidation sites excluding steroid dienone is 3. The van der Waals surface area contributed by atoms with Crippen molar-refractivity contribution in [2.45, 2.75) is 97.3 Å². The van der Waals surface area contributed by atoms with Gasteiger partial charge < -0.3 is 0 Å². The molecule has 0 bridgehead atoms. The highest BCUT2D eigenvalue weighted by Crippen LogP contribution is 2.32. The Morgan fingerprint density at radius 1 is 1.14 bits per heavy atom. The van der Waals surface area contributed by atoms with Gasteiger partial charge in [0.25, 0.3) is 0 Å². The van der Waals surface area contributed by atoms with E-state index in [9.17, 15) is 0 Å². The van der Waals surface area contributed by atoms with Crippen LogP contribution < -0.4 is 0 Å². The lowest BCUT2D eigenvalue weighted by molar-refractivity contribution is 0.462. The molecule has 0 radical (unpaired) electrons. The zero-order chi connectivity index (χ0) is 15.3. The number of hydrogen-bond acceptors (Lipinski definition) is 0. The SMILES string of the molecule is C=C1CCC(CCCCCCC(C)/C=C/CCCCC)C1. The van der Waals surface area contributed by atoms with E-state index in [1.165, 1.54) is 89.0 Å². The van der Waals surface area contributed by atoms with Crippen molar-refractivity contribution in [3.8, 4) is 0 Å². The van der Waals surface area contributed by atoms with E-state index in [1.54, 1.807) is 0 Å². The fraction of sp³-hybridized carbons (Fsp3) is 0.810. The molecule has 0 amide bonds. The van der Waals surface area contributed by atoms with Gasteiger partial charge in [-0.1, -0.05) is 83.1 Å². The van der Waals surface area contributed by atoms with Crippen LogP contribution in [0.4, 0.5) is 0 Å². The molecule has 0 aromatic carbocycles. The predicted molar refractivity (Wildman–Crippen MR) is 96.6 cm³/mol. The summed E-state index contributed by atoms with van der Waals surface area (Å²) in [7, 11) is 0. The molecule has 0 heterocycles. The van der Waals surface area contributed by atoms with Crippen LogP contribution in [0.25, 0.3) is 0 Å². The van der Waals surface area contributed by atoms with Crippen LogP contribution >= 0.6 is 0 Å². The van der Waals surface area contributed by atoms with Crippen LogP contribution in [0, 0.1) is 11.8 Å². The number of hydrogen-bond donors (Lipinski definition) is 0. The maximum Gasteiger partial charge on any atom is -0.0262 e. The molecule has 0 nitrogen and oxygen atoms in total. The lowest BCUT2D eigenvalue weighted by Crippen LogP contribution is -1.94. The molecule has 21 heavy (non-hydrogen) atoms. The first kappa shape index (κ1) is 18.5. The van der Waals surface area contributed by atoms with Gasteiger partial charge in [-0.25, -0.2) is 0 Å². The first-order valence-corrected chi connectivity index (χ1v) is 9.55. The molecule has 2 unspecified atom stereocenters. The van der Waals surface area contributed by atoms with E-state index >= 15 is 0 Å². The summed E-state index contributed by atoms with van der Waals surface area (Å²) in [5.41, 5.74) is 1.50. The zero-order valence-corrected chi connectivity index (χ0v) is 14.7. The normalized spacial score (nSPS) is 20.5. The van der Waals surface area contributed by atoms with Crippen molar-refractivity contribution in [3.63, 3.8) is 0 Å². The first-order valence-electron chi connectivity index (χ1n) is 9.55. The third-order valence-electron chi connectivity index (χ3n) is 4.94. The van der Waals surface area contributed by atoms with Crippen LogP contribution in [-0.2, 0) is 0 Å². The van der Waals surface area contributed by atoms with Crippen molar-refractivity contribution in [1.29, 1.82) is 0 Å². The Balaban J connectivity index is 1.87. The third-order valence-corrected chi connectivity index (χ3v) is 4.94. The van der Waals surface area contributed by atoms with Gasteiger partial charge in [0.1, 0.15) is 0 Å². The van der Waals surface area contributed by atoms with E-state index in [0.717, 1.165) is 11.8 Å². The van der Waals surface area contributed by atoms with E-state index in [2.05, 4.69) is 32.6 Å². The summed E-state index contributed by atoms with van der Waals surface area (Å²) in [5.74, 6) is 1.76. The van der Waals surface area contributed by atoms with Crippen LogP contribution in [0.5, 0.6) is 0 Å². The molecule has 2 atom stereocenters. The molecule has 0 aromatic rings. The van der Waals surface area contributed by atoms with Gasteiger partial charge in [0.2, 0.25) is 0 Å². The quantitative estimate of drug-likeness (QED) is 0.258. The monoisotopic (exact) mass is 290 g/mol. The van der Waals surface area contributed by atoms with E-state index < -0.39 is 0 Å². The Labute approximate surface area is 134 Å². The second-order valence-electron chi connectivity index (χ2n) is 7.25. The number of unbranched alkanes of at least 4 members (excludes halogenated alkanes) is 6. The van der Waals surface area contributed by atoms with Crippen molar-refractivity contribution < 1.29 is 0 Å². The maximum absolute atomic E-state index is 4.12. The Hall–Kier alpha value is -0.520. The number of rotatable bonds is 12. The lowest BCUT2D eigenvalue weighted by atomic mass is 9.97. The van der Waals surface area contributed by atoms with Crippen LogP contribution in [0.1, 0.15) is 97.3 Å². The summed E-state index contributed by atoms with van der Waals surface area (Å²) in [4.78, 5) is 0. The van der Waals surface area contributed by atoms with Gasteiger partial charge in [-0.3, -0.25) is 0 Å². The summed E-state index contributed by atoms with van der Waals surface area (Å²) in [6.45, 7) is 8.76. The summed E-state index contributed by atoms with van der Waals surface area (Å²) in [5, 5.41) is 0. The molecule has 1 aliphatic rings. The van der Waals surface area contributed by atoms with Crippen LogP contribution in [0.3, 0.4) is 0 Å². The van der Waals surface area contributed by atoms with E-state index in [0.29, 0.717) is 0 Å². The molecule has 0 heteroatoms. The molecule has 0 N–H and O–H groups in total. The largest absolute Gasteiger partial charge is 0.0999 e. The predicted octanol–water partition coefficient (Wildman–Crippen LogP) is 7.46. The smallest absolute Gasteiger partial charge is 0.0262 e. The standard InChI is InChI=1S/C21H38/c1-4-5-6-7-10-13-19(2)14-11-8-9-12-15-21-17-16-20(3)18-21/h10,13,19,21H,3-9,11-12,14-18H2,1-2H3/b13-10+. The molecule has 0 aromatic heterocycles. The van der Waals surface area contributed by atoms with Crippen LogP contribution in [-0.4, -0.2) is 0 Å². The second kappa shape index (κ2) is 12.1. The minimum atomic E-state index is 0.782. The minimum absolute atomic E-state index is 0.782. The molecule has 0 saturated heterocycles. The van der Waals surface area contributed by atoms with Crippen molar-refractivity contribution >= 4 is 0 Å². The Kier molecular flexibility index (Phi) is 10.6. The zero-order valence-electron chi connectivity index (χ0n) is 14.7. The fourth-order valence-electron chi connectivity index (χ4n) is 3.46. The summed E-state index contributed by atoms with van der Waals surface area (Å²) in [6.07, 6.45) is 22.8. The molecular weight excluding hydrogens is 252 g/mol. The molecule has 0 spiro atoms. The maximum atomic E-state index is 4.12. The molecule has 1 rings (SSSR count). The van der Waals surface area contributed by atoms with Gasteiger partial charge in [-0.15, -0.1) is 0 Å². The van der Waals surface area contributed by atoms with Crippen LogP contribution in [0.15, 0.2) is 24.3 Å². The van der Waals surface area contributed by atoms with Gasteiger partial charge >= 0.3 is 0 Å². The van der Waals surface area contributed by atoms with Gasteiger partial charge in [-0.2, -0.15) is 0 Å².